The molecule has 1 aliphatic heterocycles. The van der Waals surface area contributed by atoms with Crippen LogP contribution in [0, 0.1) is 11.3 Å². The number of nitriles is 1. The van der Waals surface area contributed by atoms with E-state index in [0.29, 0.717) is 16.9 Å². The van der Waals surface area contributed by atoms with E-state index in [1.54, 1.807) is 20.3 Å². The second kappa shape index (κ2) is 7.77. The molecule has 0 saturated carbocycles. The molecule has 1 saturated heterocycles. The molecule has 0 unspecified atom stereocenters. The lowest BCUT2D eigenvalue weighted by atomic mass is 10.00. The number of ether oxygens (including phenoxy) is 2. The lowest BCUT2D eigenvalue weighted by molar-refractivity contribution is 0.121. The summed E-state index contributed by atoms with van der Waals surface area (Å²) in [5.41, 5.74) is 8.83. The molecule has 1 aliphatic rings. The van der Waals surface area contributed by atoms with Crippen molar-refractivity contribution in [3.63, 3.8) is 0 Å². The molecule has 9 heteroatoms. The van der Waals surface area contributed by atoms with Crippen molar-refractivity contribution in [1.29, 1.82) is 5.26 Å². The monoisotopic (exact) mass is 391 g/mol. The maximum atomic E-state index is 9.87. The molecule has 1 aromatic carbocycles. The van der Waals surface area contributed by atoms with Crippen LogP contribution < -0.4 is 15.4 Å². The standard InChI is InChI=1S/C20H21N7O2/c1-28-15-3-6-26(12-15)14-7-13(8-16(9-14)29-2)17-10-19(22)25-20(18(17)11-21)27-23-4-5-24-27/h4-5,7-10,15H,3,6,12H2,1-2H3,(H2,22,25)/t15-/m1/s1. The summed E-state index contributed by atoms with van der Waals surface area (Å²) in [6.45, 7) is 1.69. The lowest BCUT2D eigenvalue weighted by Crippen LogP contribution is -2.22. The molecule has 2 aromatic heterocycles. The Hall–Kier alpha value is -3.64. The Morgan fingerprint density at radius 2 is 1.97 bits per heavy atom. The maximum Gasteiger partial charge on any atom is 0.194 e. The van der Waals surface area contributed by atoms with E-state index in [4.69, 9.17) is 15.2 Å². The molecule has 1 atom stereocenters. The van der Waals surface area contributed by atoms with E-state index in [1.807, 2.05) is 18.2 Å². The van der Waals surface area contributed by atoms with Crippen LogP contribution in [-0.4, -0.2) is 53.4 Å². The van der Waals surface area contributed by atoms with Crippen molar-refractivity contribution in [2.24, 2.45) is 0 Å². The Bertz CT molecular complexity index is 1060. The fraction of sp³-hybridized carbons (Fsp3) is 0.300. The summed E-state index contributed by atoms with van der Waals surface area (Å²) >= 11 is 0. The number of pyridine rings is 1. The van der Waals surface area contributed by atoms with E-state index in [0.717, 1.165) is 30.8 Å². The number of anilines is 2. The predicted molar refractivity (Wildman–Crippen MR) is 108 cm³/mol. The van der Waals surface area contributed by atoms with Crippen molar-refractivity contribution in [2.45, 2.75) is 12.5 Å². The average Bonchev–Trinajstić information content (AvgIpc) is 3.44. The summed E-state index contributed by atoms with van der Waals surface area (Å²) in [5.74, 6) is 1.25. The van der Waals surface area contributed by atoms with E-state index >= 15 is 0 Å². The molecule has 3 heterocycles. The first kappa shape index (κ1) is 18.7. The first-order valence-electron chi connectivity index (χ1n) is 9.17. The van der Waals surface area contributed by atoms with Gasteiger partial charge in [-0.25, -0.2) is 4.98 Å². The van der Waals surface area contributed by atoms with Gasteiger partial charge in [-0.3, -0.25) is 0 Å². The highest BCUT2D eigenvalue weighted by Crippen LogP contribution is 2.35. The Morgan fingerprint density at radius 3 is 2.62 bits per heavy atom. The van der Waals surface area contributed by atoms with Crippen LogP contribution in [0.25, 0.3) is 16.9 Å². The molecule has 0 spiro atoms. The smallest absolute Gasteiger partial charge is 0.194 e. The van der Waals surface area contributed by atoms with Crippen molar-refractivity contribution in [2.75, 3.05) is 37.9 Å². The van der Waals surface area contributed by atoms with Crippen LogP contribution in [0.15, 0.2) is 36.7 Å². The van der Waals surface area contributed by atoms with Gasteiger partial charge in [0.05, 0.1) is 25.6 Å². The van der Waals surface area contributed by atoms with Crippen molar-refractivity contribution in [3.05, 3.63) is 42.2 Å². The van der Waals surface area contributed by atoms with E-state index in [-0.39, 0.29) is 17.7 Å². The topological polar surface area (TPSA) is 115 Å². The van der Waals surface area contributed by atoms with Gasteiger partial charge in [0.2, 0.25) is 0 Å². The Kier molecular flexibility index (Phi) is 5.01. The molecule has 0 bridgehead atoms. The fourth-order valence-corrected chi connectivity index (χ4v) is 3.55. The summed E-state index contributed by atoms with van der Waals surface area (Å²) in [7, 11) is 3.35. The summed E-state index contributed by atoms with van der Waals surface area (Å²) in [5, 5.41) is 18.1. The number of rotatable bonds is 5. The second-order valence-corrected chi connectivity index (χ2v) is 6.74. The zero-order chi connectivity index (χ0) is 20.4. The van der Waals surface area contributed by atoms with Crippen LogP contribution in [0.5, 0.6) is 5.75 Å². The van der Waals surface area contributed by atoms with Gasteiger partial charge in [0.25, 0.3) is 0 Å². The van der Waals surface area contributed by atoms with Gasteiger partial charge in [-0.05, 0) is 30.2 Å². The van der Waals surface area contributed by atoms with Crippen LogP contribution in [0.2, 0.25) is 0 Å². The number of nitrogen functional groups attached to an aromatic ring is 1. The van der Waals surface area contributed by atoms with Crippen LogP contribution in [-0.2, 0) is 4.74 Å². The van der Waals surface area contributed by atoms with Crippen LogP contribution >= 0.6 is 0 Å². The van der Waals surface area contributed by atoms with Crippen LogP contribution in [0.1, 0.15) is 12.0 Å². The third kappa shape index (κ3) is 3.58. The maximum absolute atomic E-state index is 9.87. The minimum Gasteiger partial charge on any atom is -0.497 e. The van der Waals surface area contributed by atoms with Gasteiger partial charge in [0, 0.05) is 37.5 Å². The minimum absolute atomic E-state index is 0.202. The summed E-state index contributed by atoms with van der Waals surface area (Å²) in [4.78, 5) is 7.81. The van der Waals surface area contributed by atoms with Crippen LogP contribution in [0.3, 0.4) is 0 Å². The zero-order valence-corrected chi connectivity index (χ0v) is 16.2. The number of nitrogens with two attached hydrogens (primary N) is 1. The first-order chi connectivity index (χ1) is 14.1. The number of methoxy groups -OCH3 is 2. The Labute approximate surface area is 168 Å². The molecule has 3 aromatic rings. The van der Waals surface area contributed by atoms with E-state index in [2.05, 4.69) is 26.2 Å². The summed E-state index contributed by atoms with van der Waals surface area (Å²) in [6, 6.07) is 9.80. The molecule has 1 fully saturated rings. The average molecular weight is 391 g/mol. The van der Waals surface area contributed by atoms with Gasteiger partial charge < -0.3 is 20.1 Å². The minimum atomic E-state index is 0.202. The van der Waals surface area contributed by atoms with Gasteiger partial charge in [0.15, 0.2) is 5.82 Å². The highest BCUT2D eigenvalue weighted by Gasteiger charge is 2.24. The SMILES string of the molecule is COc1cc(-c2cc(N)nc(-n3nccn3)c2C#N)cc(N2CC[C@@H](OC)C2)c1. The van der Waals surface area contributed by atoms with E-state index in [1.165, 1.54) is 17.2 Å². The van der Waals surface area contributed by atoms with E-state index < -0.39 is 0 Å². The molecular formula is C20H21N7O2. The van der Waals surface area contributed by atoms with Gasteiger partial charge in [0.1, 0.15) is 23.2 Å². The zero-order valence-electron chi connectivity index (χ0n) is 16.2. The Morgan fingerprint density at radius 1 is 1.17 bits per heavy atom. The predicted octanol–water partition coefficient (Wildman–Crippen LogP) is 2.02. The molecule has 9 nitrogen and oxygen atoms in total. The van der Waals surface area contributed by atoms with Gasteiger partial charge in [-0.2, -0.15) is 15.5 Å². The normalized spacial score (nSPS) is 16.0. The number of benzene rings is 1. The number of hydrogen-bond donors (Lipinski definition) is 1. The van der Waals surface area contributed by atoms with E-state index in [9.17, 15) is 5.26 Å². The highest BCUT2D eigenvalue weighted by molar-refractivity contribution is 5.79. The van der Waals surface area contributed by atoms with Gasteiger partial charge in [-0.15, -0.1) is 4.80 Å². The first-order valence-corrected chi connectivity index (χ1v) is 9.17. The molecule has 0 radical (unpaired) electrons. The molecule has 4 rings (SSSR count). The molecule has 29 heavy (non-hydrogen) atoms. The quantitative estimate of drug-likeness (QED) is 0.702. The van der Waals surface area contributed by atoms with Crippen molar-refractivity contribution < 1.29 is 9.47 Å². The van der Waals surface area contributed by atoms with Crippen molar-refractivity contribution in [3.8, 4) is 28.8 Å². The molecule has 148 valence electrons. The third-order valence-electron chi connectivity index (χ3n) is 5.02. The van der Waals surface area contributed by atoms with Gasteiger partial charge in [-0.1, -0.05) is 0 Å². The van der Waals surface area contributed by atoms with Crippen molar-refractivity contribution >= 4 is 11.5 Å². The molecular weight excluding hydrogens is 370 g/mol. The summed E-state index contributed by atoms with van der Waals surface area (Å²) < 4.78 is 11.0. The van der Waals surface area contributed by atoms with Crippen molar-refractivity contribution in [1.82, 2.24) is 20.0 Å². The third-order valence-corrected chi connectivity index (χ3v) is 5.02. The molecule has 0 aliphatic carbocycles. The second-order valence-electron chi connectivity index (χ2n) is 6.74. The summed E-state index contributed by atoms with van der Waals surface area (Å²) in [6.07, 6.45) is 4.21. The Balaban J connectivity index is 1.85. The highest BCUT2D eigenvalue weighted by atomic mass is 16.5. The number of aromatic nitrogens is 4. The number of nitrogens with zero attached hydrogens (tertiary/aromatic N) is 6. The van der Waals surface area contributed by atoms with Gasteiger partial charge >= 0.3 is 0 Å². The largest absolute Gasteiger partial charge is 0.497 e. The van der Waals surface area contributed by atoms with Crippen LogP contribution in [0.4, 0.5) is 11.5 Å². The number of hydrogen-bond acceptors (Lipinski definition) is 8. The molecule has 0 amide bonds. The molecule has 2 N–H and O–H groups in total. The fourth-order valence-electron chi connectivity index (χ4n) is 3.55. The lowest BCUT2D eigenvalue weighted by Gasteiger charge is -2.21.